The first-order valence-electron chi connectivity index (χ1n) is 11.8. The molecule has 6 nitrogen and oxygen atoms in total. The van der Waals surface area contributed by atoms with Crippen molar-refractivity contribution >= 4 is 5.91 Å². The number of carbonyl (C=O) groups is 1. The number of rotatable bonds is 7. The predicted molar refractivity (Wildman–Crippen MR) is 122 cm³/mol. The summed E-state index contributed by atoms with van der Waals surface area (Å²) in [4.78, 5) is 17.1. The maximum Gasteiger partial charge on any atom is 0.222 e. The molecule has 3 heterocycles. The Hall–Kier alpha value is -2.34. The van der Waals surface area contributed by atoms with Crippen LogP contribution >= 0.6 is 0 Å². The van der Waals surface area contributed by atoms with Crippen LogP contribution in [0, 0.1) is 0 Å². The van der Waals surface area contributed by atoms with Crippen LogP contribution < -0.4 is 4.74 Å². The molecule has 4 rings (SSSR count). The van der Waals surface area contributed by atoms with Crippen molar-refractivity contribution in [3.63, 3.8) is 0 Å². The molecular weight excluding hydrogens is 388 g/mol. The zero-order valence-electron chi connectivity index (χ0n) is 19.3. The standard InChI is InChI=1S/C25H36N4O2/c1-19(2)31-21-9-7-20(8-10-21)17-28-16-13-24-22(18-28)23(26-27(24)3)11-12-25(30)29-14-5-4-6-15-29/h7-10,19H,4-6,11-18H2,1-3H3. The fourth-order valence-electron chi connectivity index (χ4n) is 4.79. The van der Waals surface area contributed by atoms with Crippen molar-refractivity contribution in [1.29, 1.82) is 0 Å². The Morgan fingerprint density at radius 1 is 1.10 bits per heavy atom. The van der Waals surface area contributed by atoms with Gasteiger partial charge in [-0.05, 0) is 50.8 Å². The number of fused-ring (bicyclic) bond motifs is 1. The van der Waals surface area contributed by atoms with Gasteiger partial charge in [-0.3, -0.25) is 14.4 Å². The van der Waals surface area contributed by atoms with Crippen LogP contribution in [-0.2, 0) is 37.8 Å². The van der Waals surface area contributed by atoms with Gasteiger partial charge in [-0.15, -0.1) is 0 Å². The first kappa shape index (κ1) is 21.9. The van der Waals surface area contributed by atoms with Gasteiger partial charge in [0.2, 0.25) is 5.91 Å². The summed E-state index contributed by atoms with van der Waals surface area (Å²) in [5.41, 5.74) is 5.07. The Labute approximate surface area is 186 Å². The van der Waals surface area contributed by atoms with Gasteiger partial charge < -0.3 is 9.64 Å². The van der Waals surface area contributed by atoms with E-state index in [0.717, 1.165) is 69.9 Å². The van der Waals surface area contributed by atoms with E-state index in [-0.39, 0.29) is 12.0 Å². The van der Waals surface area contributed by atoms with E-state index in [1.807, 2.05) is 30.5 Å². The molecule has 168 valence electrons. The lowest BCUT2D eigenvalue weighted by Gasteiger charge is -2.28. The average Bonchev–Trinajstić information content (AvgIpc) is 3.08. The minimum atomic E-state index is 0.192. The van der Waals surface area contributed by atoms with Gasteiger partial charge in [0.15, 0.2) is 0 Å². The molecule has 1 saturated heterocycles. The van der Waals surface area contributed by atoms with Gasteiger partial charge >= 0.3 is 0 Å². The molecular formula is C25H36N4O2. The van der Waals surface area contributed by atoms with Crippen LogP contribution in [0.15, 0.2) is 24.3 Å². The third kappa shape index (κ3) is 5.48. The van der Waals surface area contributed by atoms with Crippen LogP contribution in [0.25, 0.3) is 0 Å². The molecule has 0 unspecified atom stereocenters. The lowest BCUT2D eigenvalue weighted by atomic mass is 10.0. The van der Waals surface area contributed by atoms with Crippen LogP contribution in [0.1, 0.15) is 62.0 Å². The predicted octanol–water partition coefficient (Wildman–Crippen LogP) is 3.71. The molecule has 0 saturated carbocycles. The highest BCUT2D eigenvalue weighted by molar-refractivity contribution is 5.76. The SMILES string of the molecule is CC(C)Oc1ccc(CN2CCc3c(c(CCC(=O)N4CCCCC4)nn3C)C2)cc1. The molecule has 0 N–H and O–H groups in total. The number of aryl methyl sites for hydroxylation is 2. The van der Waals surface area contributed by atoms with Crippen molar-refractivity contribution in [1.82, 2.24) is 19.6 Å². The van der Waals surface area contributed by atoms with Crippen molar-refractivity contribution in [3.05, 3.63) is 46.8 Å². The molecule has 0 aliphatic carbocycles. The van der Waals surface area contributed by atoms with E-state index in [1.165, 1.54) is 23.2 Å². The molecule has 31 heavy (non-hydrogen) atoms. The summed E-state index contributed by atoms with van der Waals surface area (Å²) in [6.07, 6.45) is 6.05. The molecule has 1 fully saturated rings. The van der Waals surface area contributed by atoms with Gasteiger partial charge in [0.05, 0.1) is 11.8 Å². The largest absolute Gasteiger partial charge is 0.491 e. The normalized spacial score (nSPS) is 17.1. The Morgan fingerprint density at radius 2 is 1.84 bits per heavy atom. The fraction of sp³-hybridized carbons (Fsp3) is 0.600. The number of carbonyl (C=O) groups excluding carboxylic acids is 1. The zero-order valence-corrected chi connectivity index (χ0v) is 19.3. The van der Waals surface area contributed by atoms with Gasteiger partial charge in [-0.2, -0.15) is 5.10 Å². The van der Waals surface area contributed by atoms with Crippen molar-refractivity contribution in [3.8, 4) is 5.75 Å². The molecule has 0 radical (unpaired) electrons. The van der Waals surface area contributed by atoms with Crippen LogP contribution in [0.4, 0.5) is 0 Å². The summed E-state index contributed by atoms with van der Waals surface area (Å²) in [5, 5.41) is 4.79. The fourth-order valence-corrected chi connectivity index (χ4v) is 4.79. The van der Waals surface area contributed by atoms with Gasteiger partial charge in [0.1, 0.15) is 5.75 Å². The van der Waals surface area contributed by atoms with Crippen molar-refractivity contribution in [2.75, 3.05) is 19.6 Å². The summed E-state index contributed by atoms with van der Waals surface area (Å²) >= 11 is 0. The van der Waals surface area contributed by atoms with Crippen LogP contribution in [0.5, 0.6) is 5.75 Å². The molecule has 6 heteroatoms. The second kappa shape index (κ2) is 9.86. The summed E-state index contributed by atoms with van der Waals surface area (Å²) < 4.78 is 7.79. The topological polar surface area (TPSA) is 50.6 Å². The van der Waals surface area contributed by atoms with E-state index >= 15 is 0 Å². The van der Waals surface area contributed by atoms with Crippen molar-refractivity contribution in [2.45, 2.75) is 71.6 Å². The number of hydrogen-bond acceptors (Lipinski definition) is 4. The molecule has 1 amide bonds. The van der Waals surface area contributed by atoms with Crippen LogP contribution in [0.3, 0.4) is 0 Å². The quantitative estimate of drug-likeness (QED) is 0.680. The zero-order chi connectivity index (χ0) is 21.8. The van der Waals surface area contributed by atoms with Gasteiger partial charge in [-0.1, -0.05) is 12.1 Å². The third-order valence-electron chi connectivity index (χ3n) is 6.39. The van der Waals surface area contributed by atoms with Gasteiger partial charge in [0.25, 0.3) is 0 Å². The number of benzene rings is 1. The highest BCUT2D eigenvalue weighted by Crippen LogP contribution is 2.25. The Balaban J connectivity index is 1.37. The molecule has 0 spiro atoms. The molecule has 0 atom stereocenters. The lowest BCUT2D eigenvalue weighted by molar-refractivity contribution is -0.132. The van der Waals surface area contributed by atoms with Crippen LogP contribution in [0.2, 0.25) is 0 Å². The Kier molecular flexibility index (Phi) is 6.96. The molecule has 2 aliphatic rings. The highest BCUT2D eigenvalue weighted by Gasteiger charge is 2.25. The Bertz CT molecular complexity index is 882. The molecule has 0 bridgehead atoms. The maximum absolute atomic E-state index is 12.6. The number of piperidine rings is 1. The average molecular weight is 425 g/mol. The third-order valence-corrected chi connectivity index (χ3v) is 6.39. The van der Waals surface area contributed by atoms with Gasteiger partial charge in [0, 0.05) is 70.3 Å². The minimum Gasteiger partial charge on any atom is -0.491 e. The van der Waals surface area contributed by atoms with E-state index in [0.29, 0.717) is 6.42 Å². The summed E-state index contributed by atoms with van der Waals surface area (Å²) in [6, 6.07) is 8.45. The Morgan fingerprint density at radius 3 is 2.55 bits per heavy atom. The van der Waals surface area contributed by atoms with E-state index in [1.54, 1.807) is 0 Å². The number of nitrogens with zero attached hydrogens (tertiary/aromatic N) is 4. The first-order valence-corrected chi connectivity index (χ1v) is 11.8. The number of aromatic nitrogens is 2. The maximum atomic E-state index is 12.6. The monoisotopic (exact) mass is 424 g/mol. The minimum absolute atomic E-state index is 0.192. The number of likely N-dealkylation sites (tertiary alicyclic amines) is 1. The number of hydrogen-bond donors (Lipinski definition) is 0. The van der Waals surface area contributed by atoms with E-state index in [4.69, 9.17) is 9.84 Å². The second-order valence-corrected chi connectivity index (χ2v) is 9.21. The molecule has 2 aromatic rings. The smallest absolute Gasteiger partial charge is 0.222 e. The summed E-state index contributed by atoms with van der Waals surface area (Å²) in [5.74, 6) is 1.21. The summed E-state index contributed by atoms with van der Waals surface area (Å²) in [7, 11) is 2.04. The molecule has 1 aromatic heterocycles. The van der Waals surface area contributed by atoms with E-state index < -0.39 is 0 Å². The number of ether oxygens (including phenoxy) is 1. The van der Waals surface area contributed by atoms with E-state index in [9.17, 15) is 4.79 Å². The molecule has 1 aromatic carbocycles. The summed E-state index contributed by atoms with van der Waals surface area (Å²) in [6.45, 7) is 8.80. The van der Waals surface area contributed by atoms with Crippen molar-refractivity contribution in [2.24, 2.45) is 7.05 Å². The van der Waals surface area contributed by atoms with E-state index in [2.05, 4.69) is 29.2 Å². The first-order chi connectivity index (χ1) is 15.0. The molecule has 2 aliphatic heterocycles. The lowest BCUT2D eigenvalue weighted by Crippen LogP contribution is -2.35. The number of amides is 1. The van der Waals surface area contributed by atoms with Gasteiger partial charge in [-0.25, -0.2) is 0 Å². The second-order valence-electron chi connectivity index (χ2n) is 9.21. The van der Waals surface area contributed by atoms with Crippen LogP contribution in [-0.4, -0.2) is 51.2 Å². The van der Waals surface area contributed by atoms with Crippen molar-refractivity contribution < 1.29 is 9.53 Å². The highest BCUT2D eigenvalue weighted by atomic mass is 16.5.